The summed E-state index contributed by atoms with van der Waals surface area (Å²) in [4.78, 5) is 2.30. The number of aromatic amines is 1. The predicted octanol–water partition coefficient (Wildman–Crippen LogP) is 0.983. The first kappa shape index (κ1) is 10.6. The molecular formula is C11H19N3O. The highest BCUT2D eigenvalue weighted by molar-refractivity contribution is 5.22. The molecule has 2 rings (SSSR count). The summed E-state index contributed by atoms with van der Waals surface area (Å²) >= 11 is 0. The summed E-state index contributed by atoms with van der Waals surface area (Å²) in [7, 11) is 0. The molecule has 1 aliphatic heterocycles. The van der Waals surface area contributed by atoms with Crippen molar-refractivity contribution in [2.75, 3.05) is 13.1 Å². The van der Waals surface area contributed by atoms with Gasteiger partial charge in [0.05, 0.1) is 11.8 Å². The van der Waals surface area contributed by atoms with Gasteiger partial charge in [0.1, 0.15) is 0 Å². The van der Waals surface area contributed by atoms with Gasteiger partial charge in [-0.3, -0.25) is 10.00 Å². The van der Waals surface area contributed by atoms with E-state index < -0.39 is 0 Å². The van der Waals surface area contributed by atoms with Gasteiger partial charge in [0.25, 0.3) is 0 Å². The first-order chi connectivity index (χ1) is 7.16. The molecule has 0 spiro atoms. The van der Waals surface area contributed by atoms with Gasteiger partial charge in [-0.1, -0.05) is 0 Å². The van der Waals surface area contributed by atoms with Crippen molar-refractivity contribution in [3.8, 4) is 0 Å². The molecule has 2 heterocycles. The maximum Gasteiger partial charge on any atom is 0.0667 e. The lowest BCUT2D eigenvalue weighted by Gasteiger charge is -2.29. The maximum atomic E-state index is 9.58. The normalized spacial score (nSPS) is 23.3. The van der Waals surface area contributed by atoms with Crippen molar-refractivity contribution in [3.05, 3.63) is 17.0 Å². The summed E-state index contributed by atoms with van der Waals surface area (Å²) in [5.41, 5.74) is 3.50. The Morgan fingerprint density at radius 2 is 2.33 bits per heavy atom. The van der Waals surface area contributed by atoms with Gasteiger partial charge in [0.2, 0.25) is 0 Å². The number of H-pyrrole nitrogens is 1. The summed E-state index contributed by atoms with van der Waals surface area (Å²) in [6.45, 7) is 6.87. The summed E-state index contributed by atoms with van der Waals surface area (Å²) in [5, 5.41) is 16.8. The molecule has 0 amide bonds. The van der Waals surface area contributed by atoms with E-state index in [1.54, 1.807) is 0 Å². The Morgan fingerprint density at radius 1 is 1.53 bits per heavy atom. The Balaban J connectivity index is 2.02. The van der Waals surface area contributed by atoms with Crippen LogP contribution >= 0.6 is 0 Å². The van der Waals surface area contributed by atoms with Gasteiger partial charge in [-0.2, -0.15) is 5.10 Å². The number of aromatic nitrogens is 2. The van der Waals surface area contributed by atoms with Gasteiger partial charge in [0, 0.05) is 24.3 Å². The number of piperidine rings is 1. The van der Waals surface area contributed by atoms with Crippen molar-refractivity contribution in [1.29, 1.82) is 0 Å². The van der Waals surface area contributed by atoms with E-state index in [4.69, 9.17) is 0 Å². The molecular weight excluding hydrogens is 190 g/mol. The zero-order valence-electron chi connectivity index (χ0n) is 9.45. The molecule has 1 atom stereocenters. The van der Waals surface area contributed by atoms with E-state index in [0.29, 0.717) is 0 Å². The molecule has 4 heteroatoms. The minimum atomic E-state index is -0.147. The van der Waals surface area contributed by atoms with Crippen LogP contribution in [-0.2, 0) is 6.54 Å². The molecule has 4 nitrogen and oxygen atoms in total. The van der Waals surface area contributed by atoms with E-state index >= 15 is 0 Å². The summed E-state index contributed by atoms with van der Waals surface area (Å²) in [5.74, 6) is 0. The fourth-order valence-corrected chi connectivity index (χ4v) is 2.21. The van der Waals surface area contributed by atoms with Gasteiger partial charge >= 0.3 is 0 Å². The van der Waals surface area contributed by atoms with E-state index in [1.807, 2.05) is 6.92 Å². The standard InChI is InChI=1S/C11H19N3O/c1-8-11(9(2)13-12-8)7-14-5-3-4-10(15)6-14/h10,15H,3-7H2,1-2H3,(H,12,13)/t10-/m0/s1. The molecule has 0 bridgehead atoms. The van der Waals surface area contributed by atoms with Crippen molar-refractivity contribution >= 4 is 0 Å². The predicted molar refractivity (Wildman–Crippen MR) is 58.6 cm³/mol. The Hall–Kier alpha value is -0.870. The van der Waals surface area contributed by atoms with Gasteiger partial charge in [0.15, 0.2) is 0 Å². The smallest absolute Gasteiger partial charge is 0.0667 e. The van der Waals surface area contributed by atoms with Crippen LogP contribution in [0.4, 0.5) is 0 Å². The second-order valence-corrected chi connectivity index (χ2v) is 4.44. The van der Waals surface area contributed by atoms with E-state index in [2.05, 4.69) is 22.0 Å². The number of β-amino-alcohol motifs (C(OH)–C–C–N with tert-alkyl or cyclic N) is 1. The lowest BCUT2D eigenvalue weighted by molar-refractivity contribution is 0.0666. The van der Waals surface area contributed by atoms with Crippen LogP contribution in [-0.4, -0.2) is 39.4 Å². The van der Waals surface area contributed by atoms with Gasteiger partial charge in [-0.25, -0.2) is 0 Å². The number of likely N-dealkylation sites (tertiary alicyclic amines) is 1. The molecule has 0 aromatic carbocycles. The van der Waals surface area contributed by atoms with E-state index in [9.17, 15) is 5.11 Å². The molecule has 1 fully saturated rings. The number of rotatable bonds is 2. The zero-order valence-corrected chi connectivity index (χ0v) is 9.45. The molecule has 0 radical (unpaired) electrons. The lowest BCUT2D eigenvalue weighted by Crippen LogP contribution is -2.37. The number of nitrogens with one attached hydrogen (secondary N) is 1. The summed E-state index contributed by atoms with van der Waals surface area (Å²) in [6.07, 6.45) is 1.89. The molecule has 2 N–H and O–H groups in total. The van der Waals surface area contributed by atoms with E-state index in [0.717, 1.165) is 43.9 Å². The van der Waals surface area contributed by atoms with Gasteiger partial charge < -0.3 is 5.11 Å². The Kier molecular flexibility index (Phi) is 3.07. The third-order valence-corrected chi connectivity index (χ3v) is 3.14. The van der Waals surface area contributed by atoms with Crippen LogP contribution in [0.3, 0.4) is 0 Å². The van der Waals surface area contributed by atoms with E-state index in [-0.39, 0.29) is 6.10 Å². The topological polar surface area (TPSA) is 52.2 Å². The molecule has 1 aromatic heterocycles. The number of hydrogen-bond donors (Lipinski definition) is 2. The average Bonchev–Trinajstić information content (AvgIpc) is 2.50. The lowest BCUT2D eigenvalue weighted by atomic mass is 10.1. The minimum Gasteiger partial charge on any atom is -0.392 e. The third kappa shape index (κ3) is 2.38. The molecule has 0 aliphatic carbocycles. The van der Waals surface area contributed by atoms with Crippen molar-refractivity contribution in [3.63, 3.8) is 0 Å². The summed E-state index contributed by atoms with van der Waals surface area (Å²) < 4.78 is 0. The quantitative estimate of drug-likeness (QED) is 0.763. The van der Waals surface area contributed by atoms with Gasteiger partial charge in [-0.15, -0.1) is 0 Å². The zero-order chi connectivity index (χ0) is 10.8. The highest BCUT2D eigenvalue weighted by Crippen LogP contribution is 2.16. The van der Waals surface area contributed by atoms with Crippen molar-refractivity contribution in [2.45, 2.75) is 39.3 Å². The van der Waals surface area contributed by atoms with Crippen molar-refractivity contribution in [2.24, 2.45) is 0 Å². The van der Waals surface area contributed by atoms with E-state index in [1.165, 1.54) is 5.56 Å². The van der Waals surface area contributed by atoms with Crippen molar-refractivity contribution < 1.29 is 5.11 Å². The second-order valence-electron chi connectivity index (χ2n) is 4.44. The molecule has 84 valence electrons. The fraction of sp³-hybridized carbons (Fsp3) is 0.727. The van der Waals surface area contributed by atoms with Crippen LogP contribution in [0, 0.1) is 13.8 Å². The van der Waals surface area contributed by atoms with Crippen LogP contribution in [0.15, 0.2) is 0 Å². The number of nitrogens with zero attached hydrogens (tertiary/aromatic N) is 2. The molecule has 1 aromatic rings. The first-order valence-electron chi connectivity index (χ1n) is 5.57. The van der Waals surface area contributed by atoms with Crippen LogP contribution in [0.25, 0.3) is 0 Å². The van der Waals surface area contributed by atoms with Crippen LogP contribution < -0.4 is 0 Å². The molecule has 0 unspecified atom stereocenters. The molecule has 1 aliphatic rings. The fourth-order valence-electron chi connectivity index (χ4n) is 2.21. The second kappa shape index (κ2) is 4.33. The Morgan fingerprint density at radius 3 is 2.93 bits per heavy atom. The number of aryl methyl sites for hydroxylation is 2. The van der Waals surface area contributed by atoms with Crippen molar-refractivity contribution in [1.82, 2.24) is 15.1 Å². The van der Waals surface area contributed by atoms with Gasteiger partial charge in [-0.05, 0) is 33.2 Å². The first-order valence-corrected chi connectivity index (χ1v) is 5.57. The van der Waals surface area contributed by atoms with Crippen LogP contribution in [0.5, 0.6) is 0 Å². The molecule has 15 heavy (non-hydrogen) atoms. The number of hydrogen-bond acceptors (Lipinski definition) is 3. The minimum absolute atomic E-state index is 0.147. The number of aliphatic hydroxyl groups excluding tert-OH is 1. The highest BCUT2D eigenvalue weighted by atomic mass is 16.3. The number of aliphatic hydroxyl groups is 1. The third-order valence-electron chi connectivity index (χ3n) is 3.14. The molecule has 1 saturated heterocycles. The van der Waals surface area contributed by atoms with Crippen LogP contribution in [0.1, 0.15) is 29.8 Å². The average molecular weight is 209 g/mol. The SMILES string of the molecule is Cc1n[nH]c(C)c1CN1CCC[C@H](O)C1. The Labute approximate surface area is 90.3 Å². The monoisotopic (exact) mass is 209 g/mol. The Bertz CT molecular complexity index is 315. The molecule has 0 saturated carbocycles. The summed E-state index contributed by atoms with van der Waals surface area (Å²) in [6, 6.07) is 0. The highest BCUT2D eigenvalue weighted by Gasteiger charge is 2.19. The van der Waals surface area contributed by atoms with Crippen LogP contribution in [0.2, 0.25) is 0 Å². The largest absolute Gasteiger partial charge is 0.392 e. The maximum absolute atomic E-state index is 9.58.